The summed E-state index contributed by atoms with van der Waals surface area (Å²) in [4.78, 5) is 46.0. The smallest absolute Gasteiger partial charge is 0.472 e. The molecule has 0 bridgehead atoms. The second-order valence-corrected chi connectivity index (χ2v) is 16.6. The molecule has 3 atom stereocenters. The minimum absolute atomic E-state index is 0.141. The first-order valence-electron chi connectivity index (χ1n) is 23.0. The average Bonchev–Trinajstić information content (AvgIpc) is 3.22. The second kappa shape index (κ2) is 42.6. The van der Waals surface area contributed by atoms with Crippen molar-refractivity contribution < 1.29 is 47.5 Å². The van der Waals surface area contributed by atoms with Crippen LogP contribution in [0, 0.1) is 0 Å². The summed E-state index contributed by atoms with van der Waals surface area (Å²) >= 11 is 0. The van der Waals surface area contributed by atoms with Gasteiger partial charge in [0.2, 0.25) is 0 Å². The number of esters is 2. The standard InChI is InChI=1S/C48H82NO10P/c1-3-5-7-9-11-13-15-17-19-21-22-24-26-28-30-32-34-36-38-40-47(51)59-44(42-57-60(54,55)58-43-45(49)48(52)53)41-56-46(50)39-37-35-33-31-29-27-25-23-20-18-16-14-12-10-8-6-4-2/h11-14,17-20,25,27,31,33,44-45H,3-10,15-16,21-24,26,28-30,32,34-43,49H2,1-2H3,(H,52,53)(H,54,55)/b13-11+,14-12+,19-17+,20-18+,27-25+,33-31+/t44-,45+/m1/s1. The number of phosphoric ester groups is 1. The molecule has 0 aromatic heterocycles. The van der Waals surface area contributed by atoms with Crippen LogP contribution < -0.4 is 5.73 Å². The lowest BCUT2D eigenvalue weighted by atomic mass is 10.1. The number of hydrogen-bond acceptors (Lipinski definition) is 9. The van der Waals surface area contributed by atoms with Crippen LogP contribution in [0.2, 0.25) is 0 Å². The van der Waals surface area contributed by atoms with Crippen LogP contribution in [0.4, 0.5) is 0 Å². The van der Waals surface area contributed by atoms with Gasteiger partial charge in [-0.1, -0.05) is 157 Å². The summed E-state index contributed by atoms with van der Waals surface area (Å²) in [6, 6.07) is -1.53. The number of carboxylic acids is 1. The maximum atomic E-state index is 12.7. The van der Waals surface area contributed by atoms with Crippen LogP contribution in [0.25, 0.3) is 0 Å². The summed E-state index contributed by atoms with van der Waals surface area (Å²) in [5.74, 6) is -2.46. The lowest BCUT2D eigenvalue weighted by Crippen LogP contribution is -2.34. The van der Waals surface area contributed by atoms with Crippen LogP contribution in [0.15, 0.2) is 72.9 Å². The first kappa shape index (κ1) is 56.9. The third kappa shape index (κ3) is 41.6. The Morgan fingerprint density at radius 2 is 0.900 bits per heavy atom. The molecule has 0 amide bonds. The van der Waals surface area contributed by atoms with E-state index in [9.17, 15) is 23.8 Å². The van der Waals surface area contributed by atoms with Crippen molar-refractivity contribution in [2.24, 2.45) is 5.73 Å². The van der Waals surface area contributed by atoms with Crippen LogP contribution >= 0.6 is 7.82 Å². The molecule has 0 saturated carbocycles. The maximum Gasteiger partial charge on any atom is 0.472 e. The first-order valence-corrected chi connectivity index (χ1v) is 24.5. The van der Waals surface area contributed by atoms with E-state index in [1.165, 1.54) is 70.6 Å². The summed E-state index contributed by atoms with van der Waals surface area (Å²) in [6.45, 7) is 2.69. The van der Waals surface area contributed by atoms with Gasteiger partial charge in [0.25, 0.3) is 0 Å². The SMILES string of the molecule is CCCCC/C=C/C/C=C/C/C=C/C/C=C/CCCC(=O)OC[C@H](COP(=O)(O)OC[C@H](N)C(=O)O)OC(=O)CCCCCCCCCCC/C=C/C/C=C/CCCCC. The fourth-order valence-electron chi connectivity index (χ4n) is 5.79. The van der Waals surface area contributed by atoms with E-state index >= 15 is 0 Å². The molecule has 0 aromatic carbocycles. The number of unbranched alkanes of at least 4 members (excludes halogenated alkanes) is 16. The van der Waals surface area contributed by atoms with Crippen LogP contribution in [-0.2, 0) is 37.5 Å². The maximum absolute atomic E-state index is 12.7. The van der Waals surface area contributed by atoms with Crippen LogP contribution in [0.3, 0.4) is 0 Å². The molecule has 0 heterocycles. The summed E-state index contributed by atoms with van der Waals surface area (Å²) in [7, 11) is -4.74. The van der Waals surface area contributed by atoms with Crippen molar-refractivity contribution in [3.05, 3.63) is 72.9 Å². The summed E-state index contributed by atoms with van der Waals surface area (Å²) < 4.78 is 32.7. The Bertz CT molecular complexity index is 1290. The summed E-state index contributed by atoms with van der Waals surface area (Å²) in [5, 5.41) is 8.90. The van der Waals surface area contributed by atoms with Crippen molar-refractivity contribution in [3.8, 4) is 0 Å². The Labute approximate surface area is 363 Å². The fraction of sp³-hybridized carbons (Fsp3) is 0.688. The van der Waals surface area contributed by atoms with E-state index in [4.69, 9.17) is 24.8 Å². The van der Waals surface area contributed by atoms with Gasteiger partial charge < -0.3 is 25.2 Å². The molecule has 0 aromatic rings. The van der Waals surface area contributed by atoms with E-state index in [1.54, 1.807) is 0 Å². The van der Waals surface area contributed by atoms with Gasteiger partial charge in [-0.25, -0.2) is 4.57 Å². The zero-order valence-corrected chi connectivity index (χ0v) is 38.2. The number of carboxylic acid groups (broad SMARTS) is 1. The first-order chi connectivity index (χ1) is 29.1. The number of ether oxygens (including phenoxy) is 2. The van der Waals surface area contributed by atoms with Crippen molar-refractivity contribution in [3.63, 3.8) is 0 Å². The molecular formula is C48H82NO10P. The van der Waals surface area contributed by atoms with Gasteiger partial charge >= 0.3 is 25.7 Å². The van der Waals surface area contributed by atoms with Crippen LogP contribution in [0.5, 0.6) is 0 Å². The molecule has 4 N–H and O–H groups in total. The molecule has 0 saturated heterocycles. The Morgan fingerprint density at radius 1 is 0.517 bits per heavy atom. The van der Waals surface area contributed by atoms with Gasteiger partial charge in [0.05, 0.1) is 13.2 Å². The van der Waals surface area contributed by atoms with E-state index < -0.39 is 51.1 Å². The van der Waals surface area contributed by atoms with Crippen molar-refractivity contribution in [1.29, 1.82) is 0 Å². The van der Waals surface area contributed by atoms with Crippen LogP contribution in [-0.4, -0.2) is 59.9 Å². The zero-order chi connectivity index (χ0) is 44.2. The molecule has 0 aliphatic rings. The Hall–Kier alpha value is -3.08. The normalized spacial score (nSPS) is 14.3. The number of rotatable bonds is 42. The van der Waals surface area contributed by atoms with E-state index in [2.05, 4.69) is 79.1 Å². The lowest BCUT2D eigenvalue weighted by Gasteiger charge is -2.20. The molecule has 0 aliphatic heterocycles. The number of nitrogens with two attached hydrogens (primary N) is 1. The third-order valence-electron chi connectivity index (χ3n) is 9.43. The Balaban J connectivity index is 4.43. The molecular weight excluding hydrogens is 781 g/mol. The van der Waals surface area contributed by atoms with Crippen molar-refractivity contribution in [2.45, 2.75) is 193 Å². The quantitative estimate of drug-likeness (QED) is 0.0231. The summed E-state index contributed by atoms with van der Waals surface area (Å²) in [6.07, 6.45) is 51.1. The monoisotopic (exact) mass is 864 g/mol. The highest BCUT2D eigenvalue weighted by molar-refractivity contribution is 7.47. The molecule has 0 spiro atoms. The van der Waals surface area contributed by atoms with E-state index in [0.717, 1.165) is 64.2 Å². The van der Waals surface area contributed by atoms with Crippen molar-refractivity contribution in [2.75, 3.05) is 19.8 Å². The van der Waals surface area contributed by atoms with Gasteiger partial charge in [-0.05, 0) is 83.5 Å². The van der Waals surface area contributed by atoms with Crippen LogP contribution in [0.1, 0.15) is 181 Å². The number of carbonyl (C=O) groups is 3. The number of hydrogen-bond donors (Lipinski definition) is 3. The highest BCUT2D eigenvalue weighted by atomic mass is 31.2. The van der Waals surface area contributed by atoms with Gasteiger partial charge in [0.15, 0.2) is 6.10 Å². The average molecular weight is 864 g/mol. The number of aliphatic carboxylic acids is 1. The molecule has 0 rings (SSSR count). The summed E-state index contributed by atoms with van der Waals surface area (Å²) in [5.41, 5.74) is 5.34. The van der Waals surface area contributed by atoms with Gasteiger partial charge in [-0.2, -0.15) is 0 Å². The van der Waals surface area contributed by atoms with E-state index in [1.807, 2.05) is 12.2 Å². The molecule has 60 heavy (non-hydrogen) atoms. The number of allylic oxidation sites excluding steroid dienone is 12. The molecule has 1 unspecified atom stereocenters. The lowest BCUT2D eigenvalue weighted by molar-refractivity contribution is -0.161. The highest BCUT2D eigenvalue weighted by Crippen LogP contribution is 2.43. The fourth-order valence-corrected chi connectivity index (χ4v) is 6.57. The predicted molar refractivity (Wildman–Crippen MR) is 244 cm³/mol. The topological polar surface area (TPSA) is 172 Å². The largest absolute Gasteiger partial charge is 0.480 e. The van der Waals surface area contributed by atoms with Gasteiger partial charge in [-0.15, -0.1) is 0 Å². The Morgan fingerprint density at radius 3 is 1.37 bits per heavy atom. The number of phosphoric acid groups is 1. The third-order valence-corrected chi connectivity index (χ3v) is 10.4. The highest BCUT2D eigenvalue weighted by Gasteiger charge is 2.28. The number of carbonyl (C=O) groups excluding carboxylic acids is 2. The molecule has 12 heteroatoms. The Kier molecular flexibility index (Phi) is 40.4. The zero-order valence-electron chi connectivity index (χ0n) is 37.3. The van der Waals surface area contributed by atoms with Gasteiger partial charge in [0.1, 0.15) is 12.6 Å². The van der Waals surface area contributed by atoms with Gasteiger partial charge in [-0.3, -0.25) is 23.4 Å². The predicted octanol–water partition coefficient (Wildman–Crippen LogP) is 12.5. The minimum Gasteiger partial charge on any atom is -0.480 e. The molecule has 0 radical (unpaired) electrons. The van der Waals surface area contributed by atoms with Gasteiger partial charge in [0, 0.05) is 12.8 Å². The van der Waals surface area contributed by atoms with Crippen molar-refractivity contribution in [1.82, 2.24) is 0 Å². The molecule has 344 valence electrons. The molecule has 0 aliphatic carbocycles. The van der Waals surface area contributed by atoms with Crippen molar-refractivity contribution >= 4 is 25.7 Å². The molecule has 0 fully saturated rings. The van der Waals surface area contributed by atoms with E-state index in [-0.39, 0.29) is 19.4 Å². The molecule has 11 nitrogen and oxygen atoms in total. The second-order valence-electron chi connectivity index (χ2n) is 15.2. The van der Waals surface area contributed by atoms with E-state index in [0.29, 0.717) is 19.3 Å². The minimum atomic E-state index is -4.74.